The molecule has 0 amide bonds. The lowest BCUT2D eigenvalue weighted by atomic mass is 9.93. The van der Waals surface area contributed by atoms with Gasteiger partial charge in [0.1, 0.15) is 0 Å². The van der Waals surface area contributed by atoms with Gasteiger partial charge in [-0.2, -0.15) is 0 Å². The van der Waals surface area contributed by atoms with Crippen LogP contribution in [0.5, 0.6) is 0 Å². The minimum atomic E-state index is 0.239. The van der Waals surface area contributed by atoms with Crippen molar-refractivity contribution in [3.05, 3.63) is 48.0 Å². The number of aliphatic hydroxyl groups excluding tert-OH is 1. The number of aliphatic hydroxyl groups is 1. The van der Waals surface area contributed by atoms with Crippen molar-refractivity contribution >= 4 is 0 Å². The fourth-order valence-corrected chi connectivity index (χ4v) is 3.62. The van der Waals surface area contributed by atoms with Crippen LogP contribution in [0.15, 0.2) is 42.5 Å². The summed E-state index contributed by atoms with van der Waals surface area (Å²) in [5.74, 6) is 2.42. The molecule has 0 radical (unpaired) electrons. The molecule has 102 valence electrons. The second kappa shape index (κ2) is 5.89. The topological polar surface area (TPSA) is 32.3 Å². The third-order valence-corrected chi connectivity index (χ3v) is 4.66. The molecule has 1 fully saturated rings. The number of hydrogen-bond donors (Lipinski definition) is 2. The Morgan fingerprint density at radius 2 is 2.00 bits per heavy atom. The fourth-order valence-electron chi connectivity index (χ4n) is 3.62. The van der Waals surface area contributed by atoms with Crippen LogP contribution in [0.25, 0.3) is 0 Å². The van der Waals surface area contributed by atoms with E-state index >= 15 is 0 Å². The van der Waals surface area contributed by atoms with Crippen LogP contribution < -0.4 is 5.32 Å². The molecular formula is C17H23NO. The lowest BCUT2D eigenvalue weighted by Crippen LogP contribution is -2.29. The standard InChI is InChI=1S/C17H23NO/c19-9-8-17(14-4-2-1-3-5-14)18-12-16-11-13-6-7-15(16)10-13/h1-7,13,15-19H,8-12H2/t13?,15?,16?,17-/m1/s1. The van der Waals surface area contributed by atoms with Crippen LogP contribution >= 0.6 is 0 Å². The summed E-state index contributed by atoms with van der Waals surface area (Å²) in [4.78, 5) is 0. The quantitative estimate of drug-likeness (QED) is 0.768. The summed E-state index contributed by atoms with van der Waals surface area (Å²) in [5.41, 5.74) is 1.29. The van der Waals surface area contributed by atoms with Gasteiger partial charge >= 0.3 is 0 Å². The number of nitrogens with one attached hydrogen (secondary N) is 1. The fraction of sp³-hybridized carbons (Fsp3) is 0.529. The molecule has 0 saturated heterocycles. The Morgan fingerprint density at radius 1 is 1.16 bits per heavy atom. The minimum Gasteiger partial charge on any atom is -0.396 e. The molecule has 4 atom stereocenters. The number of allylic oxidation sites excluding steroid dienone is 2. The Kier molecular flexibility index (Phi) is 4.00. The molecule has 2 bridgehead atoms. The van der Waals surface area contributed by atoms with Crippen molar-refractivity contribution in [3.63, 3.8) is 0 Å². The Morgan fingerprint density at radius 3 is 2.63 bits per heavy atom. The zero-order valence-corrected chi connectivity index (χ0v) is 11.3. The van der Waals surface area contributed by atoms with E-state index in [1.54, 1.807) is 0 Å². The van der Waals surface area contributed by atoms with Crippen LogP contribution in [0.2, 0.25) is 0 Å². The second-order valence-corrected chi connectivity index (χ2v) is 5.92. The maximum atomic E-state index is 9.24. The molecule has 2 aliphatic rings. The average Bonchev–Trinajstić information content (AvgIpc) is 3.07. The van der Waals surface area contributed by atoms with Gasteiger partial charge in [-0.05, 0) is 49.1 Å². The number of benzene rings is 1. The van der Waals surface area contributed by atoms with E-state index in [1.165, 1.54) is 18.4 Å². The minimum absolute atomic E-state index is 0.239. The Labute approximate surface area is 115 Å². The largest absolute Gasteiger partial charge is 0.396 e. The maximum Gasteiger partial charge on any atom is 0.0449 e. The van der Waals surface area contributed by atoms with Gasteiger partial charge in [0.25, 0.3) is 0 Å². The molecule has 0 spiro atoms. The van der Waals surface area contributed by atoms with Crippen LogP contribution in [-0.4, -0.2) is 18.3 Å². The highest BCUT2D eigenvalue weighted by Gasteiger charge is 2.35. The predicted octanol–water partition coefficient (Wildman–Crippen LogP) is 2.91. The van der Waals surface area contributed by atoms with Crippen molar-refractivity contribution in [2.75, 3.05) is 13.2 Å². The number of hydrogen-bond acceptors (Lipinski definition) is 2. The lowest BCUT2D eigenvalue weighted by Gasteiger charge is -2.24. The first kappa shape index (κ1) is 12.9. The Hall–Kier alpha value is -1.12. The normalized spacial score (nSPS) is 29.8. The van der Waals surface area contributed by atoms with Gasteiger partial charge in [0.2, 0.25) is 0 Å². The third-order valence-electron chi connectivity index (χ3n) is 4.66. The van der Waals surface area contributed by atoms with Crippen LogP contribution in [0.1, 0.15) is 30.9 Å². The summed E-state index contributed by atoms with van der Waals surface area (Å²) in [7, 11) is 0. The average molecular weight is 257 g/mol. The molecule has 1 aromatic carbocycles. The molecule has 3 unspecified atom stereocenters. The molecule has 2 heteroatoms. The summed E-state index contributed by atoms with van der Waals surface area (Å²) >= 11 is 0. The van der Waals surface area contributed by atoms with Gasteiger partial charge in [-0.1, -0.05) is 42.5 Å². The lowest BCUT2D eigenvalue weighted by molar-refractivity contribution is 0.259. The van der Waals surface area contributed by atoms with Gasteiger partial charge in [-0.15, -0.1) is 0 Å². The van der Waals surface area contributed by atoms with Crippen LogP contribution in [0, 0.1) is 17.8 Å². The molecule has 1 aromatic rings. The molecule has 0 aromatic heterocycles. The molecule has 19 heavy (non-hydrogen) atoms. The van der Waals surface area contributed by atoms with Crippen LogP contribution in [-0.2, 0) is 0 Å². The number of fused-ring (bicyclic) bond motifs is 2. The van der Waals surface area contributed by atoms with Crippen molar-refractivity contribution in [3.8, 4) is 0 Å². The van der Waals surface area contributed by atoms with Gasteiger partial charge < -0.3 is 10.4 Å². The first-order valence-corrected chi connectivity index (χ1v) is 7.44. The van der Waals surface area contributed by atoms with Gasteiger partial charge in [-0.3, -0.25) is 0 Å². The van der Waals surface area contributed by atoms with Gasteiger partial charge in [0.05, 0.1) is 0 Å². The van der Waals surface area contributed by atoms with E-state index in [0.29, 0.717) is 0 Å². The highest BCUT2D eigenvalue weighted by atomic mass is 16.3. The summed E-state index contributed by atoms with van der Waals surface area (Å²) in [6.07, 6.45) is 8.30. The Bertz CT molecular complexity index is 428. The summed E-state index contributed by atoms with van der Waals surface area (Å²) in [6.45, 7) is 1.31. The van der Waals surface area contributed by atoms with Gasteiger partial charge in [0.15, 0.2) is 0 Å². The SMILES string of the molecule is OCC[C@@H](NCC1CC2C=CC1C2)c1ccccc1. The van der Waals surface area contributed by atoms with Gasteiger partial charge in [-0.25, -0.2) is 0 Å². The van der Waals surface area contributed by atoms with E-state index in [4.69, 9.17) is 0 Å². The zero-order chi connectivity index (χ0) is 13.1. The van der Waals surface area contributed by atoms with Crippen LogP contribution in [0.4, 0.5) is 0 Å². The number of rotatable bonds is 6. The molecule has 2 N–H and O–H groups in total. The van der Waals surface area contributed by atoms with E-state index < -0.39 is 0 Å². The molecular weight excluding hydrogens is 234 g/mol. The van der Waals surface area contributed by atoms with Crippen molar-refractivity contribution in [1.82, 2.24) is 5.32 Å². The highest BCUT2D eigenvalue weighted by molar-refractivity contribution is 5.19. The molecule has 0 heterocycles. The van der Waals surface area contributed by atoms with E-state index in [0.717, 1.165) is 30.7 Å². The molecule has 2 nitrogen and oxygen atoms in total. The maximum absolute atomic E-state index is 9.24. The summed E-state index contributed by atoms with van der Waals surface area (Å²) < 4.78 is 0. The van der Waals surface area contributed by atoms with Crippen molar-refractivity contribution < 1.29 is 5.11 Å². The third kappa shape index (κ3) is 2.90. The van der Waals surface area contributed by atoms with Crippen molar-refractivity contribution in [1.29, 1.82) is 0 Å². The molecule has 0 aliphatic heterocycles. The van der Waals surface area contributed by atoms with Crippen molar-refractivity contribution in [2.24, 2.45) is 17.8 Å². The summed E-state index contributed by atoms with van der Waals surface area (Å²) in [5, 5.41) is 12.9. The Balaban J connectivity index is 1.58. The van der Waals surface area contributed by atoms with E-state index in [-0.39, 0.29) is 12.6 Å². The van der Waals surface area contributed by atoms with E-state index in [9.17, 15) is 5.11 Å². The second-order valence-electron chi connectivity index (χ2n) is 5.92. The monoisotopic (exact) mass is 257 g/mol. The molecule has 3 rings (SSSR count). The first-order valence-electron chi connectivity index (χ1n) is 7.44. The zero-order valence-electron chi connectivity index (χ0n) is 11.3. The first-order chi connectivity index (χ1) is 9.36. The van der Waals surface area contributed by atoms with Gasteiger partial charge in [0, 0.05) is 12.6 Å². The van der Waals surface area contributed by atoms with Crippen LogP contribution in [0.3, 0.4) is 0 Å². The molecule has 2 aliphatic carbocycles. The summed E-state index contributed by atoms with van der Waals surface area (Å²) in [6, 6.07) is 10.8. The van der Waals surface area contributed by atoms with Crippen molar-refractivity contribution in [2.45, 2.75) is 25.3 Å². The predicted molar refractivity (Wildman–Crippen MR) is 77.7 cm³/mol. The van der Waals surface area contributed by atoms with E-state index in [2.05, 4.69) is 41.7 Å². The smallest absolute Gasteiger partial charge is 0.0449 e. The van der Waals surface area contributed by atoms with E-state index in [1.807, 2.05) is 6.07 Å². The molecule has 1 saturated carbocycles. The highest BCUT2D eigenvalue weighted by Crippen LogP contribution is 2.43.